The molecule has 0 saturated heterocycles. The first-order chi connectivity index (χ1) is 7.04. The number of benzene rings is 1. The molecule has 0 unspecified atom stereocenters. The minimum absolute atomic E-state index is 0.0651. The first-order valence-electron chi connectivity index (χ1n) is 4.31. The van der Waals surface area contributed by atoms with Gasteiger partial charge in [0.1, 0.15) is 6.54 Å². The van der Waals surface area contributed by atoms with Crippen LogP contribution < -0.4 is 5.32 Å². The minimum atomic E-state index is -0.359. The smallest absolute Gasteiger partial charge is 0.325 e. The van der Waals surface area contributed by atoms with E-state index in [-0.39, 0.29) is 12.5 Å². The van der Waals surface area contributed by atoms with Crippen LogP contribution >= 0.6 is 23.2 Å². The Morgan fingerprint density at radius 2 is 2.07 bits per heavy atom. The molecule has 1 aromatic carbocycles. The first kappa shape index (κ1) is 12.1. The van der Waals surface area contributed by atoms with Crippen molar-refractivity contribution in [3.8, 4) is 0 Å². The molecule has 0 aliphatic carbocycles. The normalized spacial score (nSPS) is 9.87. The van der Waals surface area contributed by atoms with Crippen LogP contribution in [-0.4, -0.2) is 19.6 Å². The molecule has 5 heteroatoms. The number of carbonyl (C=O) groups is 1. The van der Waals surface area contributed by atoms with E-state index in [4.69, 9.17) is 23.2 Å². The predicted molar refractivity (Wildman–Crippen MR) is 61.7 cm³/mol. The number of hydrogen-bond acceptors (Lipinski definition) is 3. The number of nitrogens with one attached hydrogen (secondary N) is 1. The number of ether oxygens (including phenoxy) is 1. The lowest BCUT2D eigenvalue weighted by atomic mass is 10.2. The van der Waals surface area contributed by atoms with E-state index in [1.165, 1.54) is 7.11 Å². The van der Waals surface area contributed by atoms with E-state index in [0.29, 0.717) is 15.7 Å². The summed E-state index contributed by atoms with van der Waals surface area (Å²) in [4.78, 5) is 10.9. The Morgan fingerprint density at radius 1 is 1.40 bits per heavy atom. The van der Waals surface area contributed by atoms with Crippen molar-refractivity contribution in [2.45, 2.75) is 6.92 Å². The molecule has 1 N–H and O–H groups in total. The van der Waals surface area contributed by atoms with Crippen LogP contribution in [0.15, 0.2) is 12.1 Å². The van der Waals surface area contributed by atoms with Gasteiger partial charge in [0.05, 0.1) is 17.8 Å². The Bertz CT molecular complexity index is 380. The van der Waals surface area contributed by atoms with Gasteiger partial charge in [0.25, 0.3) is 0 Å². The van der Waals surface area contributed by atoms with Crippen LogP contribution in [0.4, 0.5) is 5.69 Å². The third kappa shape index (κ3) is 3.29. The van der Waals surface area contributed by atoms with Gasteiger partial charge in [0, 0.05) is 5.02 Å². The largest absolute Gasteiger partial charge is 0.468 e. The summed E-state index contributed by atoms with van der Waals surface area (Å²) < 4.78 is 4.49. The fraction of sp³-hybridized carbons (Fsp3) is 0.300. The van der Waals surface area contributed by atoms with Crippen LogP contribution in [0.5, 0.6) is 0 Å². The molecule has 0 heterocycles. The number of rotatable bonds is 3. The van der Waals surface area contributed by atoms with Gasteiger partial charge < -0.3 is 10.1 Å². The molecule has 0 saturated carbocycles. The standard InChI is InChI=1S/C10H11Cl2NO2/c1-6-3-8(12)9(4-7(6)11)13-5-10(14)15-2/h3-4,13H,5H2,1-2H3. The summed E-state index contributed by atoms with van der Waals surface area (Å²) in [7, 11) is 1.33. The summed E-state index contributed by atoms with van der Waals surface area (Å²) in [6.45, 7) is 1.92. The van der Waals surface area contributed by atoms with Gasteiger partial charge in [-0.25, -0.2) is 0 Å². The maximum Gasteiger partial charge on any atom is 0.325 e. The van der Waals surface area contributed by atoms with E-state index in [0.717, 1.165) is 5.56 Å². The molecular formula is C10H11Cl2NO2. The van der Waals surface area contributed by atoms with Gasteiger partial charge >= 0.3 is 5.97 Å². The van der Waals surface area contributed by atoms with Gasteiger partial charge in [-0.1, -0.05) is 23.2 Å². The molecule has 0 aliphatic heterocycles. The van der Waals surface area contributed by atoms with Crippen LogP contribution in [0.3, 0.4) is 0 Å². The molecule has 0 radical (unpaired) electrons. The summed E-state index contributed by atoms with van der Waals surface area (Å²) >= 11 is 11.9. The highest BCUT2D eigenvalue weighted by molar-refractivity contribution is 6.35. The highest BCUT2D eigenvalue weighted by atomic mass is 35.5. The fourth-order valence-corrected chi connectivity index (χ4v) is 1.47. The average molecular weight is 248 g/mol. The monoisotopic (exact) mass is 247 g/mol. The van der Waals surface area contributed by atoms with Gasteiger partial charge in [-0.15, -0.1) is 0 Å². The van der Waals surface area contributed by atoms with Crippen molar-refractivity contribution in [1.82, 2.24) is 0 Å². The SMILES string of the molecule is COC(=O)CNc1cc(Cl)c(C)cc1Cl. The van der Waals surface area contributed by atoms with E-state index < -0.39 is 0 Å². The lowest BCUT2D eigenvalue weighted by Gasteiger charge is -2.09. The molecule has 3 nitrogen and oxygen atoms in total. The van der Waals surface area contributed by atoms with Gasteiger partial charge in [-0.3, -0.25) is 4.79 Å². The van der Waals surface area contributed by atoms with E-state index in [9.17, 15) is 4.79 Å². The molecule has 0 atom stereocenters. The Labute approximate surface area is 98.3 Å². The topological polar surface area (TPSA) is 38.3 Å². The van der Waals surface area contributed by atoms with Crippen molar-refractivity contribution in [2.24, 2.45) is 0 Å². The Morgan fingerprint density at radius 3 is 2.67 bits per heavy atom. The summed E-state index contributed by atoms with van der Waals surface area (Å²) in [5.74, 6) is -0.359. The van der Waals surface area contributed by atoms with Crippen molar-refractivity contribution in [3.63, 3.8) is 0 Å². The molecule has 1 rings (SSSR count). The molecule has 0 aromatic heterocycles. The molecule has 82 valence electrons. The molecule has 1 aromatic rings. The minimum Gasteiger partial charge on any atom is -0.468 e. The zero-order valence-corrected chi connectivity index (χ0v) is 9.95. The van der Waals surface area contributed by atoms with Crippen LogP contribution in [0.25, 0.3) is 0 Å². The molecule has 0 aliphatic rings. The average Bonchev–Trinajstić information content (AvgIpc) is 2.21. The highest BCUT2D eigenvalue weighted by Crippen LogP contribution is 2.28. The van der Waals surface area contributed by atoms with Crippen molar-refractivity contribution in [2.75, 3.05) is 19.0 Å². The zero-order valence-electron chi connectivity index (χ0n) is 8.43. The molecule has 15 heavy (non-hydrogen) atoms. The molecule has 0 amide bonds. The van der Waals surface area contributed by atoms with E-state index in [2.05, 4.69) is 10.1 Å². The molecule has 0 spiro atoms. The third-order valence-corrected chi connectivity index (χ3v) is 2.62. The summed E-state index contributed by atoms with van der Waals surface area (Å²) in [6, 6.07) is 3.42. The maximum atomic E-state index is 10.9. The number of hydrogen-bond donors (Lipinski definition) is 1. The Kier molecular flexibility index (Phi) is 4.24. The Hall–Kier alpha value is -0.930. The van der Waals surface area contributed by atoms with Crippen LogP contribution in [0, 0.1) is 6.92 Å². The van der Waals surface area contributed by atoms with E-state index in [1.54, 1.807) is 12.1 Å². The second-order valence-electron chi connectivity index (χ2n) is 3.01. The summed E-state index contributed by atoms with van der Waals surface area (Å²) in [5.41, 5.74) is 1.52. The van der Waals surface area contributed by atoms with Gasteiger partial charge in [0.2, 0.25) is 0 Å². The number of aryl methyl sites for hydroxylation is 1. The predicted octanol–water partition coefficient (Wildman–Crippen LogP) is 2.89. The van der Waals surface area contributed by atoms with Crippen LogP contribution in [0.2, 0.25) is 10.0 Å². The molecular weight excluding hydrogens is 237 g/mol. The van der Waals surface area contributed by atoms with E-state index in [1.807, 2.05) is 6.92 Å². The second kappa shape index (κ2) is 5.24. The van der Waals surface area contributed by atoms with Gasteiger partial charge in [-0.2, -0.15) is 0 Å². The van der Waals surface area contributed by atoms with Crippen molar-refractivity contribution in [1.29, 1.82) is 0 Å². The second-order valence-corrected chi connectivity index (χ2v) is 3.83. The van der Waals surface area contributed by atoms with Gasteiger partial charge in [-0.05, 0) is 24.6 Å². The zero-order chi connectivity index (χ0) is 11.4. The highest BCUT2D eigenvalue weighted by Gasteiger charge is 2.06. The molecule has 0 fully saturated rings. The van der Waals surface area contributed by atoms with Crippen molar-refractivity contribution in [3.05, 3.63) is 27.7 Å². The van der Waals surface area contributed by atoms with Crippen LogP contribution in [0.1, 0.15) is 5.56 Å². The first-order valence-corrected chi connectivity index (χ1v) is 5.06. The lowest BCUT2D eigenvalue weighted by molar-refractivity contribution is -0.138. The van der Waals surface area contributed by atoms with Crippen LogP contribution in [-0.2, 0) is 9.53 Å². The van der Waals surface area contributed by atoms with Crippen molar-refractivity contribution < 1.29 is 9.53 Å². The summed E-state index contributed by atoms with van der Waals surface area (Å²) in [5, 5.41) is 3.97. The number of carbonyl (C=O) groups excluding carboxylic acids is 1. The number of anilines is 1. The third-order valence-electron chi connectivity index (χ3n) is 1.90. The number of methoxy groups -OCH3 is 1. The lowest BCUT2D eigenvalue weighted by Crippen LogP contribution is -2.15. The quantitative estimate of drug-likeness (QED) is 0.836. The fourth-order valence-electron chi connectivity index (χ4n) is 1.02. The molecule has 0 bridgehead atoms. The van der Waals surface area contributed by atoms with Crippen molar-refractivity contribution >= 4 is 34.9 Å². The Balaban J connectivity index is 2.77. The summed E-state index contributed by atoms with van der Waals surface area (Å²) in [6.07, 6.45) is 0. The number of esters is 1. The number of halogens is 2. The van der Waals surface area contributed by atoms with E-state index >= 15 is 0 Å². The van der Waals surface area contributed by atoms with Gasteiger partial charge in [0.15, 0.2) is 0 Å². The maximum absolute atomic E-state index is 10.9.